The summed E-state index contributed by atoms with van der Waals surface area (Å²) in [6.45, 7) is 5.52. The van der Waals surface area contributed by atoms with Gasteiger partial charge in [0, 0.05) is 16.6 Å². The fraction of sp³-hybridized carbons (Fsp3) is 0.179. The Kier molecular flexibility index (Phi) is 7.45. The second kappa shape index (κ2) is 10.7. The number of imide groups is 1. The fourth-order valence-corrected chi connectivity index (χ4v) is 4.47. The number of benzene rings is 3. The van der Waals surface area contributed by atoms with Gasteiger partial charge in [0.25, 0.3) is 11.8 Å². The van der Waals surface area contributed by atoms with Gasteiger partial charge in [0.2, 0.25) is 0 Å². The van der Waals surface area contributed by atoms with Crippen molar-refractivity contribution in [3.05, 3.63) is 94.5 Å². The Balaban J connectivity index is 1.67. The Labute approximate surface area is 214 Å². The molecular weight excluding hydrogens is 476 g/mol. The molecule has 1 aliphatic rings. The fourth-order valence-electron chi connectivity index (χ4n) is 3.55. The molecule has 1 heterocycles. The van der Waals surface area contributed by atoms with Crippen molar-refractivity contribution < 1.29 is 23.9 Å². The zero-order valence-electron chi connectivity index (χ0n) is 20.4. The quantitative estimate of drug-likeness (QED) is 0.319. The van der Waals surface area contributed by atoms with Gasteiger partial charge in [0.1, 0.15) is 16.4 Å². The summed E-state index contributed by atoms with van der Waals surface area (Å²) in [5, 5.41) is 3.12. The third kappa shape index (κ3) is 5.44. The standard InChI is InChI=1S/C28H26N2O5S/c1-17(2)35-28(33)19-10-12-21(13-11-19)30-26(31)24(29-20-6-5-7-22(16-20)34-4)25(27(30)32)36-23-14-8-18(3)9-15-23/h5-17,29H,1-4H3. The molecule has 1 aliphatic heterocycles. The molecular formula is C28H26N2O5S. The monoisotopic (exact) mass is 502 g/mol. The Bertz CT molecular complexity index is 1330. The third-order valence-corrected chi connectivity index (χ3v) is 6.42. The summed E-state index contributed by atoms with van der Waals surface area (Å²) >= 11 is 1.22. The highest BCUT2D eigenvalue weighted by atomic mass is 32.2. The number of amides is 2. The van der Waals surface area contributed by atoms with Gasteiger partial charge in [-0.3, -0.25) is 9.59 Å². The number of esters is 1. The highest BCUT2D eigenvalue weighted by molar-refractivity contribution is 8.04. The lowest BCUT2D eigenvalue weighted by atomic mass is 10.2. The van der Waals surface area contributed by atoms with Gasteiger partial charge in [-0.25, -0.2) is 9.69 Å². The molecule has 3 aromatic rings. The van der Waals surface area contributed by atoms with E-state index in [0.717, 1.165) is 15.4 Å². The van der Waals surface area contributed by atoms with E-state index in [0.29, 0.717) is 22.7 Å². The minimum Gasteiger partial charge on any atom is -0.497 e. The third-order valence-electron chi connectivity index (χ3n) is 5.33. The highest BCUT2D eigenvalue weighted by Crippen LogP contribution is 2.38. The van der Waals surface area contributed by atoms with Crippen LogP contribution in [0.1, 0.15) is 29.8 Å². The summed E-state index contributed by atoms with van der Waals surface area (Å²) in [4.78, 5) is 41.5. The Morgan fingerprint density at radius 3 is 2.28 bits per heavy atom. The number of hydrogen-bond donors (Lipinski definition) is 1. The molecule has 1 N–H and O–H groups in total. The van der Waals surface area contributed by atoms with Crippen LogP contribution in [0.2, 0.25) is 0 Å². The van der Waals surface area contributed by atoms with Gasteiger partial charge >= 0.3 is 5.97 Å². The molecule has 0 radical (unpaired) electrons. The van der Waals surface area contributed by atoms with Gasteiger partial charge in [0.15, 0.2) is 0 Å². The van der Waals surface area contributed by atoms with Crippen LogP contribution in [-0.4, -0.2) is 31.0 Å². The molecule has 8 heteroatoms. The van der Waals surface area contributed by atoms with Crippen molar-refractivity contribution in [3.63, 3.8) is 0 Å². The van der Waals surface area contributed by atoms with Gasteiger partial charge in [-0.2, -0.15) is 0 Å². The minimum atomic E-state index is -0.491. The van der Waals surface area contributed by atoms with E-state index >= 15 is 0 Å². The van der Waals surface area contributed by atoms with Crippen LogP contribution in [-0.2, 0) is 14.3 Å². The number of thioether (sulfide) groups is 1. The highest BCUT2D eigenvalue weighted by Gasteiger charge is 2.40. The number of nitrogens with one attached hydrogen (secondary N) is 1. The van der Waals surface area contributed by atoms with Crippen LogP contribution >= 0.6 is 11.8 Å². The lowest BCUT2D eigenvalue weighted by molar-refractivity contribution is -0.120. The molecule has 184 valence electrons. The van der Waals surface area contributed by atoms with Crippen molar-refractivity contribution in [1.29, 1.82) is 0 Å². The largest absolute Gasteiger partial charge is 0.497 e. The molecule has 0 bridgehead atoms. The number of rotatable bonds is 8. The van der Waals surface area contributed by atoms with Gasteiger partial charge in [-0.05, 0) is 69.3 Å². The van der Waals surface area contributed by atoms with Crippen LogP contribution in [0.5, 0.6) is 5.75 Å². The average Bonchev–Trinajstić information content (AvgIpc) is 3.09. The Morgan fingerprint density at radius 1 is 0.944 bits per heavy atom. The molecule has 4 rings (SSSR count). The van der Waals surface area contributed by atoms with E-state index < -0.39 is 17.8 Å². The molecule has 0 spiro atoms. The first-order valence-corrected chi connectivity index (χ1v) is 12.2. The van der Waals surface area contributed by atoms with Crippen LogP contribution in [0.4, 0.5) is 11.4 Å². The molecule has 0 saturated carbocycles. The van der Waals surface area contributed by atoms with Gasteiger partial charge in [-0.1, -0.05) is 35.5 Å². The molecule has 0 unspecified atom stereocenters. The number of carbonyl (C=O) groups excluding carboxylic acids is 3. The first kappa shape index (κ1) is 25.1. The van der Waals surface area contributed by atoms with Crippen LogP contribution in [0, 0.1) is 6.92 Å². The predicted molar refractivity (Wildman–Crippen MR) is 140 cm³/mol. The maximum Gasteiger partial charge on any atom is 0.338 e. The first-order valence-electron chi connectivity index (χ1n) is 11.4. The summed E-state index contributed by atoms with van der Waals surface area (Å²) in [7, 11) is 1.56. The summed E-state index contributed by atoms with van der Waals surface area (Å²) in [6.07, 6.45) is -0.255. The number of ether oxygens (including phenoxy) is 2. The Morgan fingerprint density at radius 2 is 1.64 bits per heavy atom. The van der Waals surface area contributed by atoms with Crippen molar-refractivity contribution in [1.82, 2.24) is 0 Å². The number of nitrogens with zero attached hydrogens (tertiary/aromatic N) is 1. The van der Waals surface area contributed by atoms with E-state index in [2.05, 4.69) is 5.32 Å². The van der Waals surface area contributed by atoms with Crippen LogP contribution in [0.3, 0.4) is 0 Å². The average molecular weight is 503 g/mol. The second-order valence-electron chi connectivity index (χ2n) is 8.42. The van der Waals surface area contributed by atoms with Crippen LogP contribution in [0.15, 0.2) is 88.3 Å². The lowest BCUT2D eigenvalue weighted by Gasteiger charge is -2.16. The van der Waals surface area contributed by atoms with E-state index in [1.165, 1.54) is 11.8 Å². The maximum absolute atomic E-state index is 13.5. The van der Waals surface area contributed by atoms with Crippen molar-refractivity contribution in [2.45, 2.75) is 31.8 Å². The molecule has 0 saturated heterocycles. The van der Waals surface area contributed by atoms with E-state index in [4.69, 9.17) is 9.47 Å². The van der Waals surface area contributed by atoms with Crippen molar-refractivity contribution in [2.75, 3.05) is 17.3 Å². The number of carbonyl (C=O) groups is 3. The molecule has 3 aromatic carbocycles. The molecule has 0 fully saturated rings. The minimum absolute atomic E-state index is 0.169. The van der Waals surface area contributed by atoms with E-state index in [-0.39, 0.29) is 16.7 Å². The summed E-state index contributed by atoms with van der Waals surface area (Å²) in [5.41, 5.74) is 2.57. The number of anilines is 2. The van der Waals surface area contributed by atoms with E-state index in [1.54, 1.807) is 69.5 Å². The predicted octanol–water partition coefficient (Wildman–Crippen LogP) is 5.56. The zero-order chi connectivity index (χ0) is 25.8. The maximum atomic E-state index is 13.5. The van der Waals surface area contributed by atoms with Gasteiger partial charge in [-0.15, -0.1) is 0 Å². The molecule has 0 aliphatic carbocycles. The second-order valence-corrected chi connectivity index (χ2v) is 9.51. The number of methoxy groups -OCH3 is 1. The smallest absolute Gasteiger partial charge is 0.338 e. The topological polar surface area (TPSA) is 84.9 Å². The number of hydrogen-bond acceptors (Lipinski definition) is 7. The molecule has 0 atom stereocenters. The van der Waals surface area contributed by atoms with Gasteiger partial charge in [0.05, 0.1) is 24.5 Å². The molecule has 2 amide bonds. The lowest BCUT2D eigenvalue weighted by Crippen LogP contribution is -2.32. The summed E-state index contributed by atoms with van der Waals surface area (Å²) in [5.74, 6) is -0.793. The Hall–Kier alpha value is -4.04. The van der Waals surface area contributed by atoms with Gasteiger partial charge < -0.3 is 14.8 Å². The van der Waals surface area contributed by atoms with Crippen LogP contribution in [0.25, 0.3) is 0 Å². The summed E-state index contributed by atoms with van der Waals surface area (Å²) in [6, 6.07) is 21.1. The normalized spacial score (nSPS) is 13.4. The van der Waals surface area contributed by atoms with E-state index in [9.17, 15) is 14.4 Å². The SMILES string of the molecule is COc1cccc(NC2=C(Sc3ccc(C)cc3)C(=O)N(c3ccc(C(=O)OC(C)C)cc3)C2=O)c1. The first-order chi connectivity index (χ1) is 17.3. The molecule has 36 heavy (non-hydrogen) atoms. The van der Waals surface area contributed by atoms with Crippen molar-refractivity contribution >= 4 is 40.9 Å². The number of aryl methyl sites for hydroxylation is 1. The molecule has 7 nitrogen and oxygen atoms in total. The summed E-state index contributed by atoms with van der Waals surface area (Å²) < 4.78 is 10.5. The van der Waals surface area contributed by atoms with Crippen molar-refractivity contribution in [3.8, 4) is 5.75 Å². The van der Waals surface area contributed by atoms with Crippen LogP contribution < -0.4 is 15.0 Å². The van der Waals surface area contributed by atoms with Crippen molar-refractivity contribution in [2.24, 2.45) is 0 Å². The van der Waals surface area contributed by atoms with E-state index in [1.807, 2.05) is 31.2 Å². The zero-order valence-corrected chi connectivity index (χ0v) is 21.2. The molecule has 0 aromatic heterocycles.